The van der Waals surface area contributed by atoms with Crippen LogP contribution in [0.25, 0.3) is 0 Å². The number of esters is 1. The van der Waals surface area contributed by atoms with Gasteiger partial charge in [0.25, 0.3) is 0 Å². The van der Waals surface area contributed by atoms with Crippen molar-refractivity contribution in [2.75, 3.05) is 13.2 Å². The highest BCUT2D eigenvalue weighted by Crippen LogP contribution is 2.16. The van der Waals surface area contributed by atoms with E-state index in [2.05, 4.69) is 67.8 Å². The van der Waals surface area contributed by atoms with Crippen molar-refractivity contribution >= 4 is 11.9 Å². The molecule has 2 atom stereocenters. The van der Waals surface area contributed by atoms with E-state index in [9.17, 15) is 19.8 Å². The summed E-state index contributed by atoms with van der Waals surface area (Å²) in [4.78, 5) is 24.4. The van der Waals surface area contributed by atoms with E-state index in [0.29, 0.717) is 25.9 Å². The van der Waals surface area contributed by atoms with Gasteiger partial charge >= 0.3 is 5.97 Å². The maximum atomic E-state index is 12.4. The predicted octanol–water partition coefficient (Wildman–Crippen LogP) is 16.6. The van der Waals surface area contributed by atoms with E-state index in [-0.39, 0.29) is 18.5 Å². The molecule has 0 aromatic rings. The third-order valence-corrected chi connectivity index (χ3v) is 12.4. The van der Waals surface area contributed by atoms with Crippen LogP contribution in [-0.2, 0) is 14.3 Å². The third-order valence-electron chi connectivity index (χ3n) is 12.4. The van der Waals surface area contributed by atoms with Crippen molar-refractivity contribution in [3.63, 3.8) is 0 Å². The number of aliphatic hydroxyl groups excluding tert-OH is 2. The number of hydrogen-bond acceptors (Lipinski definition) is 5. The van der Waals surface area contributed by atoms with Gasteiger partial charge in [-0.25, -0.2) is 0 Å². The van der Waals surface area contributed by atoms with Crippen LogP contribution >= 0.6 is 0 Å². The van der Waals surface area contributed by atoms with E-state index < -0.39 is 12.1 Å². The summed E-state index contributed by atoms with van der Waals surface area (Å²) in [6.07, 6.45) is 65.2. The largest absolute Gasteiger partial charge is 0.466 e. The predicted molar refractivity (Wildman–Crippen MR) is 273 cm³/mol. The molecule has 0 aliphatic heterocycles. The van der Waals surface area contributed by atoms with Crippen molar-refractivity contribution in [3.05, 3.63) is 48.6 Å². The van der Waals surface area contributed by atoms with E-state index in [0.717, 1.165) is 77.0 Å². The molecule has 2 unspecified atom stereocenters. The zero-order valence-electron chi connectivity index (χ0n) is 41.8. The molecule has 0 aliphatic carbocycles. The Kier molecular flexibility index (Phi) is 50.6. The lowest BCUT2D eigenvalue weighted by molar-refractivity contribution is -0.143. The van der Waals surface area contributed by atoms with Gasteiger partial charge in [-0.05, 0) is 89.9 Å². The normalized spacial score (nSPS) is 13.0. The highest BCUT2D eigenvalue weighted by atomic mass is 16.5. The first-order valence-corrected chi connectivity index (χ1v) is 27.4. The summed E-state index contributed by atoms with van der Waals surface area (Å²) >= 11 is 0. The quantitative estimate of drug-likeness (QED) is 0.0245. The first-order chi connectivity index (χ1) is 31.0. The minimum absolute atomic E-state index is 0.0219. The van der Waals surface area contributed by atoms with Gasteiger partial charge in [0, 0.05) is 12.8 Å². The summed E-state index contributed by atoms with van der Waals surface area (Å²) in [7, 11) is 0. The Morgan fingerprint density at radius 1 is 0.460 bits per heavy atom. The van der Waals surface area contributed by atoms with Gasteiger partial charge in [0.2, 0.25) is 5.91 Å². The number of ether oxygens (including phenoxy) is 1. The lowest BCUT2D eigenvalue weighted by atomic mass is 10.0. The van der Waals surface area contributed by atoms with Crippen LogP contribution in [0.3, 0.4) is 0 Å². The second-order valence-corrected chi connectivity index (χ2v) is 18.6. The number of rotatable bonds is 50. The van der Waals surface area contributed by atoms with Crippen LogP contribution in [0.4, 0.5) is 0 Å². The maximum absolute atomic E-state index is 12.4. The van der Waals surface area contributed by atoms with E-state index in [1.807, 2.05) is 0 Å². The molecular weight excluding hydrogens is 779 g/mol. The Morgan fingerprint density at radius 2 is 0.841 bits per heavy atom. The molecule has 0 aromatic heterocycles. The number of amides is 1. The van der Waals surface area contributed by atoms with Gasteiger partial charge in [0.15, 0.2) is 0 Å². The fourth-order valence-electron chi connectivity index (χ4n) is 8.13. The summed E-state index contributed by atoms with van der Waals surface area (Å²) in [6, 6.07) is -0.548. The molecule has 368 valence electrons. The zero-order valence-corrected chi connectivity index (χ0v) is 41.8. The van der Waals surface area contributed by atoms with Gasteiger partial charge in [-0.3, -0.25) is 9.59 Å². The summed E-state index contributed by atoms with van der Waals surface area (Å²) in [5.41, 5.74) is 0. The minimum atomic E-state index is -0.670. The van der Waals surface area contributed by atoms with Crippen molar-refractivity contribution in [1.82, 2.24) is 5.32 Å². The Morgan fingerprint density at radius 3 is 1.33 bits per heavy atom. The van der Waals surface area contributed by atoms with Gasteiger partial charge in [-0.2, -0.15) is 0 Å². The van der Waals surface area contributed by atoms with Crippen LogP contribution < -0.4 is 5.32 Å². The first kappa shape index (κ1) is 60.8. The molecule has 0 aliphatic rings. The number of aliphatic hydroxyl groups is 2. The van der Waals surface area contributed by atoms with Crippen LogP contribution in [-0.4, -0.2) is 47.4 Å². The van der Waals surface area contributed by atoms with Crippen molar-refractivity contribution in [3.8, 4) is 0 Å². The van der Waals surface area contributed by atoms with E-state index in [1.54, 1.807) is 0 Å². The molecule has 1 amide bonds. The second kappa shape index (κ2) is 52.4. The van der Waals surface area contributed by atoms with Crippen LogP contribution in [0, 0.1) is 0 Å². The average molecular weight is 884 g/mol. The molecule has 0 saturated heterocycles. The number of unbranched alkanes of at least 4 members (excludes halogenated alkanes) is 32. The van der Waals surface area contributed by atoms with Crippen LogP contribution in [0.2, 0.25) is 0 Å². The van der Waals surface area contributed by atoms with Gasteiger partial charge in [-0.15, -0.1) is 0 Å². The Hall–Kier alpha value is -2.18. The molecule has 6 nitrogen and oxygen atoms in total. The van der Waals surface area contributed by atoms with Crippen molar-refractivity contribution in [2.24, 2.45) is 0 Å². The fraction of sp³-hybridized carbons (Fsp3) is 0.825. The molecule has 3 N–H and O–H groups in total. The van der Waals surface area contributed by atoms with Gasteiger partial charge in [-0.1, -0.05) is 223 Å². The summed E-state index contributed by atoms with van der Waals surface area (Å²) < 4.78 is 5.45. The van der Waals surface area contributed by atoms with Crippen molar-refractivity contribution in [1.29, 1.82) is 0 Å². The molecular formula is C57H105NO5. The molecule has 0 bridgehead atoms. The van der Waals surface area contributed by atoms with Crippen LogP contribution in [0.5, 0.6) is 0 Å². The number of hydrogen-bond donors (Lipinski definition) is 3. The highest BCUT2D eigenvalue weighted by Gasteiger charge is 2.20. The van der Waals surface area contributed by atoms with Crippen LogP contribution in [0.15, 0.2) is 48.6 Å². The topological polar surface area (TPSA) is 95.9 Å². The molecule has 63 heavy (non-hydrogen) atoms. The zero-order chi connectivity index (χ0) is 45.8. The molecule has 0 radical (unpaired) electrons. The monoisotopic (exact) mass is 884 g/mol. The summed E-state index contributed by atoms with van der Waals surface area (Å²) in [5.74, 6) is -0.0697. The van der Waals surface area contributed by atoms with Crippen molar-refractivity contribution < 1.29 is 24.5 Å². The molecule has 0 saturated carbocycles. The fourth-order valence-corrected chi connectivity index (χ4v) is 8.13. The van der Waals surface area contributed by atoms with Gasteiger partial charge < -0.3 is 20.3 Å². The average Bonchev–Trinajstić information content (AvgIpc) is 3.28. The number of carbonyl (C=O) groups is 2. The maximum Gasteiger partial charge on any atom is 0.305 e. The molecule has 0 fully saturated rings. The lowest BCUT2D eigenvalue weighted by Crippen LogP contribution is -2.45. The van der Waals surface area contributed by atoms with Gasteiger partial charge in [0.1, 0.15) is 0 Å². The standard InChI is InChI=1S/C57H105NO5/c1-3-5-7-9-11-13-15-16-17-21-25-28-31-35-39-43-47-51-57(62)63-52-48-44-40-36-32-29-26-23-20-18-19-22-24-27-30-34-38-42-46-50-56(61)58-54(53-59)55(60)49-45-41-37-33-14-12-10-8-6-4-2/h11,13,16-17,23,26,29,32,54-55,59-60H,3-10,12,14-15,18-22,24-25,27-28,30-31,33-53H2,1-2H3,(H,58,61)/b13-11-,17-16-,26-23-,32-29-. The molecule has 0 rings (SSSR count). The van der Waals surface area contributed by atoms with Gasteiger partial charge in [0.05, 0.1) is 25.4 Å². The molecule has 6 heteroatoms. The third kappa shape index (κ3) is 49.1. The minimum Gasteiger partial charge on any atom is -0.466 e. The smallest absolute Gasteiger partial charge is 0.305 e. The lowest BCUT2D eigenvalue weighted by Gasteiger charge is -2.22. The second-order valence-electron chi connectivity index (χ2n) is 18.6. The number of allylic oxidation sites excluding steroid dienone is 8. The summed E-state index contributed by atoms with van der Waals surface area (Å²) in [6.45, 7) is 4.86. The van der Waals surface area contributed by atoms with E-state index in [4.69, 9.17) is 4.74 Å². The Bertz CT molecular complexity index is 1070. The molecule has 0 spiro atoms. The Labute approximate surface area is 391 Å². The SMILES string of the molecule is CCCCC/C=C\C/C=C\CCCCCCCCCC(=O)OCCCCC/C=C\C=C/CCCCCCCCCCCCC(=O)NC(CO)C(O)CCCCCCCCCCCC. The number of carbonyl (C=O) groups excluding carboxylic acids is 2. The molecule has 0 aromatic carbocycles. The van der Waals surface area contributed by atoms with Crippen molar-refractivity contribution in [2.45, 2.75) is 289 Å². The first-order valence-electron chi connectivity index (χ1n) is 27.4. The van der Waals surface area contributed by atoms with Crippen LogP contribution in [0.1, 0.15) is 277 Å². The number of nitrogens with one attached hydrogen (secondary N) is 1. The van der Waals surface area contributed by atoms with E-state index in [1.165, 1.54) is 167 Å². The highest BCUT2D eigenvalue weighted by molar-refractivity contribution is 5.76. The summed E-state index contributed by atoms with van der Waals surface area (Å²) in [5, 5.41) is 23.1. The van der Waals surface area contributed by atoms with E-state index >= 15 is 0 Å². The Balaban J connectivity index is 3.47. The molecule has 0 heterocycles.